The van der Waals surface area contributed by atoms with Crippen molar-refractivity contribution in [2.45, 2.75) is 31.6 Å². The fourth-order valence-electron chi connectivity index (χ4n) is 0.719. The van der Waals surface area contributed by atoms with Crippen LogP contribution in [0.4, 0.5) is 22.4 Å². The quantitative estimate of drug-likeness (QED) is 0.516. The molecular weight excluding hydrogens is 208 g/mol. The third-order valence-electron chi connectivity index (χ3n) is 1.44. The molecular formula is C7H9F4O3-. The smallest absolute Gasteiger partial charge is 0.271 e. The number of carboxylic acid groups (broad SMARTS) is 1. The third kappa shape index (κ3) is 5.60. The van der Waals surface area contributed by atoms with E-state index < -0.39 is 37.4 Å². The lowest BCUT2D eigenvalue weighted by Crippen LogP contribution is -2.36. The van der Waals surface area contributed by atoms with E-state index >= 15 is 0 Å². The Morgan fingerprint density at radius 3 is 2.14 bits per heavy atom. The Labute approximate surface area is 77.7 Å². The molecule has 0 amide bonds. The Morgan fingerprint density at radius 2 is 1.79 bits per heavy atom. The molecule has 0 atom stereocenters. The van der Waals surface area contributed by atoms with Crippen LogP contribution in [0.25, 0.3) is 0 Å². The number of hydrogen-bond acceptors (Lipinski definition) is 3. The summed E-state index contributed by atoms with van der Waals surface area (Å²) in [5, 5.41) is 9.63. The van der Waals surface area contributed by atoms with Gasteiger partial charge in [0.05, 0.1) is 13.0 Å². The van der Waals surface area contributed by atoms with Gasteiger partial charge in [0.15, 0.2) is 0 Å². The zero-order valence-electron chi connectivity index (χ0n) is 7.36. The SMILES string of the molecule is CCC(F)(F)CC(F)(F)COC(=O)[O-]. The predicted octanol–water partition coefficient (Wildman–Crippen LogP) is 1.42. The van der Waals surface area contributed by atoms with Gasteiger partial charge >= 0.3 is 0 Å². The largest absolute Gasteiger partial charge is 0.543 e. The molecule has 84 valence electrons. The average Bonchev–Trinajstić information content (AvgIpc) is 1.99. The number of hydrogen-bond donors (Lipinski definition) is 0. The summed E-state index contributed by atoms with van der Waals surface area (Å²) >= 11 is 0. The van der Waals surface area contributed by atoms with E-state index in [1.165, 1.54) is 0 Å². The van der Waals surface area contributed by atoms with Crippen LogP contribution < -0.4 is 5.11 Å². The zero-order valence-corrected chi connectivity index (χ0v) is 7.36. The van der Waals surface area contributed by atoms with Crippen molar-refractivity contribution in [3.8, 4) is 0 Å². The Morgan fingerprint density at radius 1 is 1.29 bits per heavy atom. The summed E-state index contributed by atoms with van der Waals surface area (Å²) in [4.78, 5) is 9.63. The summed E-state index contributed by atoms with van der Waals surface area (Å²) in [7, 11) is 0. The van der Waals surface area contributed by atoms with Crippen LogP contribution in [-0.2, 0) is 4.74 Å². The molecule has 0 saturated carbocycles. The van der Waals surface area contributed by atoms with E-state index in [1.54, 1.807) is 0 Å². The highest BCUT2D eigenvalue weighted by Gasteiger charge is 2.41. The number of alkyl halides is 4. The molecule has 0 spiro atoms. The zero-order chi connectivity index (χ0) is 11.4. The summed E-state index contributed by atoms with van der Waals surface area (Å²) in [6.07, 6.45) is -4.64. The van der Waals surface area contributed by atoms with Gasteiger partial charge in [-0.25, -0.2) is 17.6 Å². The molecule has 0 aromatic rings. The fraction of sp³-hybridized carbons (Fsp3) is 0.857. The van der Waals surface area contributed by atoms with E-state index in [9.17, 15) is 27.5 Å². The van der Waals surface area contributed by atoms with Crippen LogP contribution >= 0.6 is 0 Å². The molecule has 0 aliphatic rings. The minimum Gasteiger partial charge on any atom is -0.543 e. The fourth-order valence-corrected chi connectivity index (χ4v) is 0.719. The van der Waals surface area contributed by atoms with Crippen molar-refractivity contribution in [2.75, 3.05) is 6.61 Å². The highest BCUT2D eigenvalue weighted by Crippen LogP contribution is 2.32. The summed E-state index contributed by atoms with van der Waals surface area (Å²) < 4.78 is 53.5. The first-order chi connectivity index (χ1) is 6.18. The molecule has 0 saturated heterocycles. The molecule has 0 aromatic carbocycles. The number of carbonyl (C=O) groups excluding carboxylic acids is 1. The van der Waals surface area contributed by atoms with Crippen molar-refractivity contribution in [3.63, 3.8) is 0 Å². The van der Waals surface area contributed by atoms with Crippen LogP contribution in [0.3, 0.4) is 0 Å². The molecule has 14 heavy (non-hydrogen) atoms. The van der Waals surface area contributed by atoms with Crippen molar-refractivity contribution >= 4 is 6.16 Å². The monoisotopic (exact) mass is 217 g/mol. The second-order valence-electron chi connectivity index (χ2n) is 2.78. The standard InChI is InChI=1S/C7H10F4O3/c1-2-6(8,9)3-7(10,11)4-14-5(12)13/h2-4H2,1H3,(H,12,13)/p-1. The highest BCUT2D eigenvalue weighted by atomic mass is 19.3. The summed E-state index contributed by atoms with van der Waals surface area (Å²) in [6, 6.07) is 0. The van der Waals surface area contributed by atoms with Crippen molar-refractivity contribution < 1.29 is 32.2 Å². The summed E-state index contributed by atoms with van der Waals surface area (Å²) in [5.41, 5.74) is 0. The maximum absolute atomic E-state index is 12.6. The second kappa shape index (κ2) is 4.47. The van der Waals surface area contributed by atoms with E-state index in [0.29, 0.717) is 0 Å². The van der Waals surface area contributed by atoms with Gasteiger partial charge in [-0.2, -0.15) is 0 Å². The van der Waals surface area contributed by atoms with Crippen LogP contribution in [0, 0.1) is 0 Å². The van der Waals surface area contributed by atoms with Crippen LogP contribution in [-0.4, -0.2) is 24.6 Å². The average molecular weight is 217 g/mol. The van der Waals surface area contributed by atoms with E-state index in [4.69, 9.17) is 0 Å². The van der Waals surface area contributed by atoms with Gasteiger partial charge < -0.3 is 14.6 Å². The van der Waals surface area contributed by atoms with Gasteiger partial charge in [0.25, 0.3) is 18.0 Å². The van der Waals surface area contributed by atoms with E-state index in [1.807, 2.05) is 0 Å². The van der Waals surface area contributed by atoms with Crippen LogP contribution in [0.1, 0.15) is 19.8 Å². The van der Waals surface area contributed by atoms with E-state index in [2.05, 4.69) is 4.74 Å². The lowest BCUT2D eigenvalue weighted by atomic mass is 10.1. The maximum atomic E-state index is 12.6. The van der Waals surface area contributed by atoms with Gasteiger partial charge in [0, 0.05) is 6.42 Å². The number of ether oxygens (including phenoxy) is 1. The number of carbonyl (C=O) groups is 1. The highest BCUT2D eigenvalue weighted by molar-refractivity contribution is 5.54. The van der Waals surface area contributed by atoms with Gasteiger partial charge in [-0.3, -0.25) is 0 Å². The van der Waals surface area contributed by atoms with Crippen molar-refractivity contribution in [1.29, 1.82) is 0 Å². The van der Waals surface area contributed by atoms with Crippen LogP contribution in [0.2, 0.25) is 0 Å². The Balaban J connectivity index is 4.12. The van der Waals surface area contributed by atoms with E-state index in [0.717, 1.165) is 6.92 Å². The first-order valence-electron chi connectivity index (χ1n) is 3.78. The normalized spacial score (nSPS) is 12.6. The molecule has 0 heterocycles. The summed E-state index contributed by atoms with van der Waals surface area (Å²) in [6.45, 7) is -0.555. The van der Waals surface area contributed by atoms with Gasteiger partial charge in [-0.15, -0.1) is 0 Å². The van der Waals surface area contributed by atoms with Crippen LogP contribution in [0.15, 0.2) is 0 Å². The first kappa shape index (κ1) is 13.0. The lowest BCUT2D eigenvalue weighted by Gasteiger charge is -2.23. The van der Waals surface area contributed by atoms with Crippen molar-refractivity contribution in [1.82, 2.24) is 0 Å². The molecule has 7 heteroatoms. The maximum Gasteiger partial charge on any atom is 0.271 e. The van der Waals surface area contributed by atoms with Gasteiger partial charge in [-0.05, 0) is 0 Å². The first-order valence-corrected chi connectivity index (χ1v) is 3.78. The molecule has 3 nitrogen and oxygen atoms in total. The third-order valence-corrected chi connectivity index (χ3v) is 1.44. The van der Waals surface area contributed by atoms with E-state index in [-0.39, 0.29) is 0 Å². The number of halogens is 4. The molecule has 0 fully saturated rings. The molecule has 0 unspecified atom stereocenters. The Bertz CT molecular complexity index is 205. The minimum absolute atomic E-state index is 0.742. The predicted molar refractivity (Wildman–Crippen MR) is 36.2 cm³/mol. The molecule has 0 bridgehead atoms. The summed E-state index contributed by atoms with van der Waals surface area (Å²) in [5.74, 6) is -7.40. The Hall–Kier alpha value is -1.01. The second-order valence-corrected chi connectivity index (χ2v) is 2.78. The minimum atomic E-state index is -3.88. The molecule has 0 aromatic heterocycles. The number of rotatable bonds is 5. The van der Waals surface area contributed by atoms with Gasteiger partial charge in [-0.1, -0.05) is 6.92 Å². The molecule has 0 aliphatic heterocycles. The van der Waals surface area contributed by atoms with Gasteiger partial charge in [0.2, 0.25) is 0 Å². The van der Waals surface area contributed by atoms with Crippen molar-refractivity contribution in [3.05, 3.63) is 0 Å². The lowest BCUT2D eigenvalue weighted by molar-refractivity contribution is -0.289. The Kier molecular flexibility index (Phi) is 4.15. The molecule has 0 aliphatic carbocycles. The molecule has 0 radical (unpaired) electrons. The van der Waals surface area contributed by atoms with Crippen molar-refractivity contribution in [2.24, 2.45) is 0 Å². The molecule has 0 rings (SSSR count). The van der Waals surface area contributed by atoms with Gasteiger partial charge in [0.1, 0.15) is 0 Å². The topological polar surface area (TPSA) is 49.4 Å². The molecule has 0 N–H and O–H groups in total. The van der Waals surface area contributed by atoms with Crippen LogP contribution in [0.5, 0.6) is 0 Å².